The highest BCUT2D eigenvalue weighted by Gasteiger charge is 2.25. The summed E-state index contributed by atoms with van der Waals surface area (Å²) in [6, 6.07) is 71.1. The summed E-state index contributed by atoms with van der Waals surface area (Å²) in [4.78, 5) is 4.52. The van der Waals surface area contributed by atoms with Gasteiger partial charge in [-0.15, -0.1) is 0 Å². The molecule has 0 unspecified atom stereocenters. The van der Waals surface area contributed by atoms with Crippen LogP contribution < -0.4 is 0 Å². The number of nitriles is 9. The second-order valence-electron chi connectivity index (χ2n) is 18.8. The first-order valence-corrected chi connectivity index (χ1v) is 24.7. The molecule has 12 aromatic rings. The van der Waals surface area contributed by atoms with Gasteiger partial charge in [-0.2, -0.15) is 47.4 Å². The van der Waals surface area contributed by atoms with Crippen molar-refractivity contribution in [3.05, 3.63) is 232 Å². The first kappa shape index (κ1) is 48.1. The average molecular weight is 1020 g/mol. The third kappa shape index (κ3) is 7.82. The fourth-order valence-electron chi connectivity index (χ4n) is 10.8. The molecule has 0 N–H and O–H groups in total. The van der Waals surface area contributed by atoms with Gasteiger partial charge in [0.25, 0.3) is 0 Å². The number of rotatable bonds is 7. The molecule has 12 rings (SSSR count). The van der Waals surface area contributed by atoms with E-state index in [1.54, 1.807) is 85.2 Å². The van der Waals surface area contributed by atoms with Gasteiger partial charge in [0.1, 0.15) is 11.6 Å². The van der Waals surface area contributed by atoms with Gasteiger partial charge in [0.15, 0.2) is 0 Å². The highest BCUT2D eigenvalue weighted by Crippen LogP contribution is 2.44. The molecule has 0 saturated carbocycles. The molecule has 12 heteroatoms. The van der Waals surface area contributed by atoms with Crippen LogP contribution in [0.5, 0.6) is 0 Å². The smallest absolute Gasteiger partial charge is 0.104 e. The van der Waals surface area contributed by atoms with Gasteiger partial charge < -0.3 is 9.13 Å². The number of nitrogens with zero attached hydrogens (tertiary/aromatic N) is 12. The Morgan fingerprint density at radius 1 is 0.287 bits per heavy atom. The molecule has 0 aliphatic carbocycles. The van der Waals surface area contributed by atoms with Crippen LogP contribution in [0.3, 0.4) is 0 Å². The first-order valence-electron chi connectivity index (χ1n) is 24.7. The van der Waals surface area contributed by atoms with Crippen molar-refractivity contribution in [3.63, 3.8) is 0 Å². The summed E-state index contributed by atoms with van der Waals surface area (Å²) in [5, 5.41) is 95.9. The zero-order chi connectivity index (χ0) is 55.2. The van der Waals surface area contributed by atoms with Crippen LogP contribution in [0.1, 0.15) is 50.1 Å². The lowest BCUT2D eigenvalue weighted by Crippen LogP contribution is -2.05. The maximum Gasteiger partial charge on any atom is 0.104 e. The highest BCUT2D eigenvalue weighted by molar-refractivity contribution is 6.13. The molecular formula is C68H30N12. The highest BCUT2D eigenvalue weighted by atomic mass is 15.0. The minimum atomic E-state index is 0.237. The van der Waals surface area contributed by atoms with Crippen LogP contribution in [0, 0.1) is 102 Å². The van der Waals surface area contributed by atoms with Crippen LogP contribution >= 0.6 is 0 Å². The van der Waals surface area contributed by atoms with Crippen LogP contribution in [0.25, 0.3) is 111 Å². The SMILES string of the molecule is N#Cc1ccc(-c2ccc3c4ccc(-c5ccc(C#N)cc5C#N)cc4n(-c4cc(-c5cccnc5)cc(-n5c6cc(-c7ccc(C#N)cc7C#N)ccc6c6ccc(-c7ccc(C#N)cc7C#N)cc65)c4C#N)c3c2)c(C#N)c1. The minimum absolute atomic E-state index is 0.237. The Morgan fingerprint density at radius 3 is 0.875 bits per heavy atom. The lowest BCUT2D eigenvalue weighted by Gasteiger charge is -2.19. The molecule has 0 atom stereocenters. The van der Waals surface area contributed by atoms with Gasteiger partial charge in [-0.3, -0.25) is 4.98 Å². The monoisotopic (exact) mass is 1010 g/mol. The van der Waals surface area contributed by atoms with Crippen LogP contribution in [0.15, 0.2) is 182 Å². The Kier molecular flexibility index (Phi) is 11.7. The molecule has 0 fully saturated rings. The summed E-state index contributed by atoms with van der Waals surface area (Å²) in [6.07, 6.45) is 3.42. The van der Waals surface area contributed by atoms with E-state index in [2.05, 4.69) is 59.6 Å². The van der Waals surface area contributed by atoms with E-state index in [0.717, 1.165) is 27.1 Å². The van der Waals surface area contributed by atoms with Crippen molar-refractivity contribution < 1.29 is 0 Å². The van der Waals surface area contributed by atoms with E-state index in [1.165, 1.54) is 0 Å². The molecule has 0 amide bonds. The third-order valence-corrected chi connectivity index (χ3v) is 14.5. The number of hydrogen-bond acceptors (Lipinski definition) is 10. The van der Waals surface area contributed by atoms with Crippen LogP contribution in [-0.4, -0.2) is 14.1 Å². The van der Waals surface area contributed by atoms with E-state index in [4.69, 9.17) is 0 Å². The van der Waals surface area contributed by atoms with Crippen LogP contribution in [0.4, 0.5) is 0 Å². The summed E-state index contributed by atoms with van der Waals surface area (Å²) in [6.45, 7) is 0. The average Bonchev–Trinajstić information content (AvgIpc) is 4.12. The molecule has 9 aromatic carbocycles. The van der Waals surface area contributed by atoms with Crippen molar-refractivity contribution >= 4 is 43.6 Å². The molecule has 80 heavy (non-hydrogen) atoms. The van der Waals surface area contributed by atoms with Gasteiger partial charge in [0.05, 0.1) is 127 Å². The molecule has 3 aromatic heterocycles. The molecule has 362 valence electrons. The van der Waals surface area contributed by atoms with E-state index >= 15 is 0 Å². The van der Waals surface area contributed by atoms with Crippen molar-refractivity contribution in [1.82, 2.24) is 14.1 Å². The number of aromatic nitrogens is 3. The van der Waals surface area contributed by atoms with Gasteiger partial charge in [-0.05, 0) is 141 Å². The van der Waals surface area contributed by atoms with Gasteiger partial charge in [-0.25, -0.2) is 0 Å². The third-order valence-electron chi connectivity index (χ3n) is 14.5. The zero-order valence-electron chi connectivity index (χ0n) is 41.7. The lowest BCUT2D eigenvalue weighted by atomic mass is 9.96. The summed E-state index contributed by atoms with van der Waals surface area (Å²) < 4.78 is 4.03. The molecule has 12 nitrogen and oxygen atoms in total. The molecule has 0 radical (unpaired) electrons. The number of fused-ring (bicyclic) bond motifs is 6. The van der Waals surface area contributed by atoms with E-state index < -0.39 is 0 Å². The maximum atomic E-state index is 12.0. The molecular weight excluding hydrogens is 985 g/mol. The van der Waals surface area contributed by atoms with E-state index in [9.17, 15) is 47.4 Å². The van der Waals surface area contributed by atoms with Gasteiger partial charge in [0.2, 0.25) is 0 Å². The second-order valence-corrected chi connectivity index (χ2v) is 18.8. The van der Waals surface area contributed by atoms with Gasteiger partial charge in [-0.1, -0.05) is 78.9 Å². The largest absolute Gasteiger partial charge is 0.308 e. The maximum absolute atomic E-state index is 12.0. The first-order chi connectivity index (χ1) is 39.2. The van der Waals surface area contributed by atoms with Crippen molar-refractivity contribution in [2.45, 2.75) is 0 Å². The number of pyridine rings is 1. The van der Waals surface area contributed by atoms with E-state index in [1.807, 2.05) is 106 Å². The van der Waals surface area contributed by atoms with Crippen molar-refractivity contribution in [2.24, 2.45) is 0 Å². The topological polar surface area (TPSA) is 237 Å². The van der Waals surface area contributed by atoms with Crippen molar-refractivity contribution in [2.75, 3.05) is 0 Å². The fraction of sp³-hybridized carbons (Fsp3) is 0. The van der Waals surface area contributed by atoms with E-state index in [-0.39, 0.29) is 5.56 Å². The van der Waals surface area contributed by atoms with E-state index in [0.29, 0.717) is 128 Å². The normalized spacial score (nSPS) is 10.6. The van der Waals surface area contributed by atoms with Gasteiger partial charge >= 0.3 is 0 Å². The Bertz CT molecular complexity index is 4570. The quantitative estimate of drug-likeness (QED) is 0.146. The second kappa shape index (κ2) is 19.4. The summed E-state index contributed by atoms with van der Waals surface area (Å²) >= 11 is 0. The molecule has 0 aliphatic rings. The predicted molar refractivity (Wildman–Crippen MR) is 303 cm³/mol. The van der Waals surface area contributed by atoms with Crippen molar-refractivity contribution in [1.29, 1.82) is 47.4 Å². The van der Waals surface area contributed by atoms with Crippen LogP contribution in [-0.2, 0) is 0 Å². The van der Waals surface area contributed by atoms with Crippen molar-refractivity contribution in [3.8, 4) is 122 Å². The number of hydrogen-bond donors (Lipinski definition) is 0. The molecule has 0 spiro atoms. The zero-order valence-corrected chi connectivity index (χ0v) is 41.7. The molecule has 3 heterocycles. The van der Waals surface area contributed by atoms with Crippen LogP contribution in [0.2, 0.25) is 0 Å². The Hall–Kier alpha value is -12.9. The summed E-state index contributed by atoms with van der Waals surface area (Å²) in [7, 11) is 0. The Morgan fingerprint density at radius 2 is 0.613 bits per heavy atom. The predicted octanol–water partition coefficient (Wildman–Crippen LogP) is 14.5. The fourth-order valence-corrected chi connectivity index (χ4v) is 10.8. The van der Waals surface area contributed by atoms with Gasteiger partial charge in [0, 0.05) is 39.5 Å². The summed E-state index contributed by atoms with van der Waals surface area (Å²) in [5.74, 6) is 0. The molecule has 0 bridgehead atoms. The standard InChI is InChI=1S/C68H30N12/c69-30-40-3-11-54(50(20-40)34-73)44-7-15-58-59-16-8-45(55-12-4-41(31-70)21-51(55)35-74)25-64(59)79(63(58)24-44)67-28-49(48-2-1-19-78-39-48)29-68(62(67)38-77)80-65-26-46(56-13-5-42(32-71)22-52(56)36-75)9-17-60(65)61-18-10-47(27-66(61)80)57-14-6-43(33-72)23-53(57)37-76/h1-29,39H. The number of benzene rings is 9. The Labute approximate surface area is 456 Å². The lowest BCUT2D eigenvalue weighted by molar-refractivity contribution is 1.12. The Balaban J connectivity index is 1.24. The summed E-state index contributed by atoms with van der Waals surface area (Å²) in [5.41, 5.74) is 12.8. The molecule has 0 aliphatic heterocycles. The minimum Gasteiger partial charge on any atom is -0.308 e. The molecule has 0 saturated heterocycles.